The Bertz CT molecular complexity index is 527. The van der Waals surface area contributed by atoms with Crippen LogP contribution in [0.15, 0.2) is 34.3 Å². The Balaban J connectivity index is 2.99. The molecule has 7 heteroatoms. The van der Waals surface area contributed by atoms with E-state index in [-0.39, 0.29) is 10.6 Å². The van der Waals surface area contributed by atoms with Gasteiger partial charge in [-0.15, -0.1) is 0 Å². The molecule has 1 rings (SSSR count). The molecule has 0 aliphatic rings. The maximum Gasteiger partial charge on any atom is 0.276 e. The zero-order chi connectivity index (χ0) is 13.1. The van der Waals surface area contributed by atoms with Crippen LogP contribution >= 0.6 is 23.2 Å². The molecule has 0 fully saturated rings. The molecule has 1 aromatic rings. The van der Waals surface area contributed by atoms with Crippen molar-refractivity contribution in [3.8, 4) is 0 Å². The highest BCUT2D eigenvalue weighted by atomic mass is 35.5. The summed E-state index contributed by atoms with van der Waals surface area (Å²) in [7, 11) is -3.67. The van der Waals surface area contributed by atoms with E-state index >= 15 is 0 Å². The van der Waals surface area contributed by atoms with Gasteiger partial charge in [-0.3, -0.25) is 0 Å². The Morgan fingerprint density at radius 3 is 2.47 bits per heavy atom. The van der Waals surface area contributed by atoms with E-state index in [0.717, 1.165) is 0 Å². The van der Waals surface area contributed by atoms with E-state index in [4.69, 9.17) is 23.2 Å². The van der Waals surface area contributed by atoms with Crippen molar-refractivity contribution >= 4 is 38.9 Å². The number of rotatable bonds is 4. The first kappa shape index (κ1) is 14.3. The summed E-state index contributed by atoms with van der Waals surface area (Å²) in [5, 5.41) is 3.63. The number of hydrogen-bond donors (Lipinski definition) is 1. The van der Waals surface area contributed by atoms with Crippen molar-refractivity contribution in [2.24, 2.45) is 5.10 Å². The third-order valence-corrected chi connectivity index (χ3v) is 4.04. The summed E-state index contributed by atoms with van der Waals surface area (Å²) in [5.74, 6) is 0. The van der Waals surface area contributed by atoms with Gasteiger partial charge in [-0.05, 0) is 25.5 Å². The lowest BCUT2D eigenvalue weighted by molar-refractivity contribution is 0.583. The molecule has 17 heavy (non-hydrogen) atoms. The smallest absolute Gasteiger partial charge is 0.200 e. The summed E-state index contributed by atoms with van der Waals surface area (Å²) in [5.41, 5.74) is 0.923. The first-order valence-electron chi connectivity index (χ1n) is 4.74. The molecule has 0 aliphatic carbocycles. The Hall–Kier alpha value is -0.780. The molecule has 0 bridgehead atoms. The summed E-state index contributed by atoms with van der Waals surface area (Å²) < 4.78 is 23.8. The van der Waals surface area contributed by atoms with Crippen LogP contribution in [0.1, 0.15) is 12.5 Å². The van der Waals surface area contributed by atoms with Crippen molar-refractivity contribution in [3.63, 3.8) is 0 Å². The van der Waals surface area contributed by atoms with Gasteiger partial charge in [-0.25, -0.2) is 4.83 Å². The molecule has 0 heterocycles. The lowest BCUT2D eigenvalue weighted by Gasteiger charge is -2.07. The number of hydrazone groups is 1. The normalized spacial score (nSPS) is 12.9. The molecule has 0 aromatic heterocycles. The van der Waals surface area contributed by atoms with Crippen LogP contribution in [0.3, 0.4) is 0 Å². The fourth-order valence-corrected chi connectivity index (χ4v) is 2.30. The van der Waals surface area contributed by atoms with E-state index in [9.17, 15) is 8.42 Å². The second kappa shape index (κ2) is 5.71. The number of nitrogens with one attached hydrogen (secondary N) is 1. The number of halogens is 2. The van der Waals surface area contributed by atoms with Gasteiger partial charge in [-0.2, -0.15) is 13.5 Å². The van der Waals surface area contributed by atoms with E-state index < -0.39 is 14.9 Å². The Morgan fingerprint density at radius 2 is 1.94 bits per heavy atom. The van der Waals surface area contributed by atoms with Crippen LogP contribution in [0.25, 0.3) is 0 Å². The van der Waals surface area contributed by atoms with Crippen molar-refractivity contribution in [1.29, 1.82) is 0 Å². The van der Waals surface area contributed by atoms with Gasteiger partial charge in [0.25, 0.3) is 10.0 Å². The van der Waals surface area contributed by atoms with Crippen molar-refractivity contribution in [1.82, 2.24) is 4.83 Å². The maximum atomic E-state index is 11.9. The summed E-state index contributed by atoms with van der Waals surface area (Å²) >= 11 is 11.1. The number of sulfonamides is 1. The maximum absolute atomic E-state index is 11.9. The van der Waals surface area contributed by atoms with Crippen LogP contribution in [0.2, 0.25) is 0 Å². The lowest BCUT2D eigenvalue weighted by Crippen LogP contribution is -2.21. The predicted molar refractivity (Wildman–Crippen MR) is 70.1 cm³/mol. The highest BCUT2D eigenvalue weighted by molar-refractivity contribution is 7.89. The zero-order valence-corrected chi connectivity index (χ0v) is 11.6. The molecule has 0 radical (unpaired) electrons. The fourth-order valence-electron chi connectivity index (χ4n) is 1.09. The number of benzene rings is 1. The number of alkyl halides is 2. The van der Waals surface area contributed by atoms with E-state index in [0.29, 0.717) is 5.56 Å². The summed E-state index contributed by atoms with van der Waals surface area (Å²) in [6.45, 7) is 3.24. The quantitative estimate of drug-likeness (QED) is 0.527. The standard InChI is InChI=1S/C10H12Cl2N2O2S/c1-7-5-3-4-6-9(7)17(15,16)14-13-8(2)10(11)12/h3-6,10,14H,1-2H3/b13-8+. The second-order valence-corrected chi connectivity index (χ2v) is 6.14. The Kier molecular flexibility index (Phi) is 4.80. The van der Waals surface area contributed by atoms with Crippen molar-refractivity contribution in [2.45, 2.75) is 23.6 Å². The van der Waals surface area contributed by atoms with Crippen molar-refractivity contribution in [3.05, 3.63) is 29.8 Å². The number of hydrogen-bond acceptors (Lipinski definition) is 3. The van der Waals surface area contributed by atoms with Crippen LogP contribution in [0.5, 0.6) is 0 Å². The molecular formula is C10H12Cl2N2O2S. The van der Waals surface area contributed by atoms with Crippen LogP contribution in [-0.2, 0) is 10.0 Å². The molecule has 0 spiro atoms. The minimum absolute atomic E-state index is 0.178. The first-order valence-corrected chi connectivity index (χ1v) is 7.10. The molecule has 1 N–H and O–H groups in total. The zero-order valence-electron chi connectivity index (χ0n) is 9.31. The van der Waals surface area contributed by atoms with E-state index in [2.05, 4.69) is 9.93 Å². The van der Waals surface area contributed by atoms with Gasteiger partial charge >= 0.3 is 0 Å². The van der Waals surface area contributed by atoms with Crippen LogP contribution in [0, 0.1) is 6.92 Å². The van der Waals surface area contributed by atoms with Gasteiger partial charge in [0.15, 0.2) is 0 Å². The summed E-state index contributed by atoms with van der Waals surface area (Å²) in [6, 6.07) is 6.61. The van der Waals surface area contributed by atoms with Crippen LogP contribution in [-0.4, -0.2) is 19.0 Å². The van der Waals surface area contributed by atoms with Crippen LogP contribution < -0.4 is 4.83 Å². The Morgan fingerprint density at radius 1 is 1.35 bits per heavy atom. The predicted octanol–water partition coefficient (Wildman–Crippen LogP) is 2.45. The molecular weight excluding hydrogens is 283 g/mol. The monoisotopic (exact) mass is 294 g/mol. The molecule has 1 aromatic carbocycles. The van der Waals surface area contributed by atoms with E-state index in [1.54, 1.807) is 25.1 Å². The highest BCUT2D eigenvalue weighted by Gasteiger charge is 2.15. The van der Waals surface area contributed by atoms with Gasteiger partial charge in [0, 0.05) is 0 Å². The molecule has 0 aliphatic heterocycles. The van der Waals surface area contributed by atoms with E-state index in [1.807, 2.05) is 0 Å². The molecule has 94 valence electrons. The van der Waals surface area contributed by atoms with E-state index in [1.165, 1.54) is 13.0 Å². The SMILES string of the molecule is C/C(=N\NS(=O)(=O)c1ccccc1C)C(Cl)Cl. The van der Waals surface area contributed by atoms with Gasteiger partial charge in [-0.1, -0.05) is 41.4 Å². The fraction of sp³-hybridized carbons (Fsp3) is 0.300. The molecule has 0 unspecified atom stereocenters. The molecule has 0 saturated heterocycles. The minimum atomic E-state index is -3.67. The third-order valence-electron chi connectivity index (χ3n) is 2.04. The lowest BCUT2D eigenvalue weighted by atomic mass is 10.2. The Labute approximate surface area is 111 Å². The minimum Gasteiger partial charge on any atom is -0.200 e. The highest BCUT2D eigenvalue weighted by Crippen LogP contribution is 2.14. The van der Waals surface area contributed by atoms with Crippen molar-refractivity contribution < 1.29 is 8.42 Å². The van der Waals surface area contributed by atoms with Gasteiger partial charge in [0.2, 0.25) is 0 Å². The van der Waals surface area contributed by atoms with Gasteiger partial charge < -0.3 is 0 Å². The third kappa shape index (κ3) is 3.87. The molecule has 0 atom stereocenters. The van der Waals surface area contributed by atoms with Gasteiger partial charge in [0.05, 0.1) is 10.6 Å². The number of aryl methyl sites for hydroxylation is 1. The number of nitrogens with zero attached hydrogens (tertiary/aromatic N) is 1. The van der Waals surface area contributed by atoms with Crippen LogP contribution in [0.4, 0.5) is 0 Å². The summed E-state index contributed by atoms with van der Waals surface area (Å²) in [4.78, 5) is 1.43. The largest absolute Gasteiger partial charge is 0.276 e. The summed E-state index contributed by atoms with van der Waals surface area (Å²) in [6.07, 6.45) is 0. The molecule has 4 nitrogen and oxygen atoms in total. The topological polar surface area (TPSA) is 58.5 Å². The van der Waals surface area contributed by atoms with Crippen molar-refractivity contribution in [2.75, 3.05) is 0 Å². The second-order valence-electron chi connectivity index (χ2n) is 3.41. The average molecular weight is 295 g/mol. The molecule has 0 amide bonds. The molecule has 0 saturated carbocycles. The average Bonchev–Trinajstić information content (AvgIpc) is 2.26. The first-order chi connectivity index (χ1) is 7.84. The van der Waals surface area contributed by atoms with Gasteiger partial charge in [0.1, 0.15) is 4.84 Å².